The molecule has 2 unspecified atom stereocenters. The fourth-order valence-corrected chi connectivity index (χ4v) is 3.06. The molecule has 0 amide bonds. The van der Waals surface area contributed by atoms with Gasteiger partial charge in [0.25, 0.3) is 0 Å². The summed E-state index contributed by atoms with van der Waals surface area (Å²) in [6.07, 6.45) is 3.21. The number of halogens is 1. The van der Waals surface area contributed by atoms with E-state index >= 15 is 0 Å². The quantitative estimate of drug-likeness (QED) is 0.844. The summed E-state index contributed by atoms with van der Waals surface area (Å²) in [5.74, 6) is 0.747. The highest BCUT2D eigenvalue weighted by Crippen LogP contribution is 2.37. The molecule has 2 rings (SSSR count). The van der Waals surface area contributed by atoms with E-state index in [4.69, 9.17) is 16.3 Å². The van der Waals surface area contributed by atoms with Crippen LogP contribution in [0, 0.1) is 12.3 Å². The Kier molecular flexibility index (Phi) is 5.53. The Morgan fingerprint density at radius 1 is 1.48 bits per heavy atom. The first kappa shape index (κ1) is 16.6. The summed E-state index contributed by atoms with van der Waals surface area (Å²) in [7, 11) is 0. The second kappa shape index (κ2) is 6.99. The van der Waals surface area contributed by atoms with Crippen molar-refractivity contribution in [3.63, 3.8) is 0 Å². The maximum Gasteiger partial charge on any atom is 0.119 e. The monoisotopic (exact) mass is 311 g/mol. The Labute approximate surface area is 132 Å². The topological polar surface area (TPSA) is 41.5 Å². The van der Waals surface area contributed by atoms with Crippen LogP contribution in [0.25, 0.3) is 0 Å². The van der Waals surface area contributed by atoms with Crippen LogP contribution in [0.2, 0.25) is 5.02 Å². The fourth-order valence-electron chi connectivity index (χ4n) is 2.94. The molecule has 2 N–H and O–H groups in total. The molecule has 0 radical (unpaired) electrons. The largest absolute Gasteiger partial charge is 0.491 e. The van der Waals surface area contributed by atoms with Crippen molar-refractivity contribution in [2.75, 3.05) is 13.2 Å². The number of aliphatic hydroxyl groups is 1. The molecule has 0 aromatic heterocycles. The minimum absolute atomic E-state index is 0.293. The van der Waals surface area contributed by atoms with Crippen LogP contribution < -0.4 is 10.1 Å². The third-order valence-electron chi connectivity index (χ3n) is 4.43. The highest BCUT2D eigenvalue weighted by molar-refractivity contribution is 6.31. The highest BCUT2D eigenvalue weighted by atomic mass is 35.5. The zero-order valence-corrected chi connectivity index (χ0v) is 13.9. The molecule has 1 aliphatic rings. The second-order valence-electron chi connectivity index (χ2n) is 6.72. The van der Waals surface area contributed by atoms with Crippen molar-refractivity contribution < 1.29 is 9.84 Å². The number of hydrogen-bond donors (Lipinski definition) is 2. The van der Waals surface area contributed by atoms with Gasteiger partial charge in [-0.2, -0.15) is 0 Å². The van der Waals surface area contributed by atoms with Crippen LogP contribution in [0.15, 0.2) is 18.2 Å². The average molecular weight is 312 g/mol. The third-order valence-corrected chi connectivity index (χ3v) is 4.85. The summed E-state index contributed by atoms with van der Waals surface area (Å²) in [4.78, 5) is 0. The van der Waals surface area contributed by atoms with Gasteiger partial charge >= 0.3 is 0 Å². The van der Waals surface area contributed by atoms with E-state index in [1.807, 2.05) is 25.1 Å². The maximum absolute atomic E-state index is 10.1. The lowest BCUT2D eigenvalue weighted by molar-refractivity contribution is 0.0985. The van der Waals surface area contributed by atoms with Crippen LogP contribution in [0.3, 0.4) is 0 Å². The maximum atomic E-state index is 10.1. The van der Waals surface area contributed by atoms with Gasteiger partial charge in [-0.25, -0.2) is 0 Å². The van der Waals surface area contributed by atoms with Crippen LogP contribution in [-0.4, -0.2) is 30.4 Å². The molecular weight excluding hydrogens is 286 g/mol. The van der Waals surface area contributed by atoms with E-state index in [1.54, 1.807) is 0 Å². The number of hydrogen-bond acceptors (Lipinski definition) is 3. The number of benzene rings is 1. The Bertz CT molecular complexity index is 476. The van der Waals surface area contributed by atoms with Gasteiger partial charge in [-0.15, -0.1) is 0 Å². The van der Waals surface area contributed by atoms with Gasteiger partial charge in [0.05, 0.1) is 0 Å². The van der Waals surface area contributed by atoms with E-state index in [1.165, 1.54) is 19.3 Å². The predicted molar refractivity (Wildman–Crippen MR) is 87.1 cm³/mol. The molecule has 0 heterocycles. The van der Waals surface area contributed by atoms with Gasteiger partial charge in [0, 0.05) is 17.6 Å². The van der Waals surface area contributed by atoms with Gasteiger partial charge in [0.1, 0.15) is 18.5 Å². The average Bonchev–Trinajstić information content (AvgIpc) is 2.76. The van der Waals surface area contributed by atoms with Gasteiger partial charge in [-0.1, -0.05) is 31.9 Å². The highest BCUT2D eigenvalue weighted by Gasteiger charge is 2.34. The fraction of sp³-hybridized carbons (Fsp3) is 0.647. The van der Waals surface area contributed by atoms with E-state index in [0.717, 1.165) is 16.3 Å². The van der Waals surface area contributed by atoms with E-state index in [-0.39, 0.29) is 0 Å². The van der Waals surface area contributed by atoms with Gasteiger partial charge in [-0.05, 0) is 48.9 Å². The van der Waals surface area contributed by atoms with Crippen LogP contribution in [0.5, 0.6) is 5.75 Å². The molecule has 0 bridgehead atoms. The van der Waals surface area contributed by atoms with Crippen molar-refractivity contribution in [1.29, 1.82) is 0 Å². The van der Waals surface area contributed by atoms with E-state index < -0.39 is 6.10 Å². The molecular formula is C17H26ClNO2. The molecule has 1 aliphatic carbocycles. The molecule has 3 nitrogen and oxygen atoms in total. The molecule has 0 saturated heterocycles. The van der Waals surface area contributed by atoms with Crippen LogP contribution in [0.1, 0.15) is 38.7 Å². The van der Waals surface area contributed by atoms with Crippen molar-refractivity contribution >= 4 is 11.6 Å². The van der Waals surface area contributed by atoms with E-state index in [0.29, 0.717) is 24.6 Å². The lowest BCUT2D eigenvalue weighted by atomic mass is 9.87. The minimum atomic E-state index is -0.502. The summed E-state index contributed by atoms with van der Waals surface area (Å²) >= 11 is 5.98. The number of aliphatic hydroxyl groups excluding tert-OH is 1. The number of ether oxygens (including phenoxy) is 1. The van der Waals surface area contributed by atoms with Crippen LogP contribution in [-0.2, 0) is 0 Å². The van der Waals surface area contributed by atoms with E-state index in [2.05, 4.69) is 19.2 Å². The first-order chi connectivity index (χ1) is 9.88. The molecule has 1 fully saturated rings. The van der Waals surface area contributed by atoms with E-state index in [9.17, 15) is 5.11 Å². The van der Waals surface area contributed by atoms with Gasteiger partial charge < -0.3 is 15.2 Å². The molecule has 2 atom stereocenters. The Balaban J connectivity index is 1.74. The van der Waals surface area contributed by atoms with Crippen LogP contribution >= 0.6 is 11.6 Å². The smallest absolute Gasteiger partial charge is 0.119 e. The lowest BCUT2D eigenvalue weighted by Crippen LogP contribution is -2.43. The normalized spacial score (nSPS) is 22.2. The summed E-state index contributed by atoms with van der Waals surface area (Å²) in [6, 6.07) is 6.03. The van der Waals surface area contributed by atoms with Crippen molar-refractivity contribution in [2.24, 2.45) is 5.41 Å². The standard InChI is InChI=1S/C17H26ClNO2/c1-12-9-14(6-7-15(12)18)21-11-13(20)10-19-16-5-4-8-17(16,2)3/h6-7,9,13,16,19-20H,4-5,8,10-11H2,1-3H3. The summed E-state index contributed by atoms with van der Waals surface area (Å²) in [5, 5.41) is 14.3. The summed E-state index contributed by atoms with van der Waals surface area (Å²) in [5.41, 5.74) is 1.31. The lowest BCUT2D eigenvalue weighted by Gasteiger charge is -2.28. The molecule has 0 spiro atoms. The molecule has 0 aliphatic heterocycles. The zero-order valence-electron chi connectivity index (χ0n) is 13.2. The summed E-state index contributed by atoms with van der Waals surface area (Å²) in [6.45, 7) is 7.38. The number of nitrogens with one attached hydrogen (secondary N) is 1. The molecule has 4 heteroatoms. The Morgan fingerprint density at radius 2 is 2.24 bits per heavy atom. The molecule has 1 aromatic carbocycles. The summed E-state index contributed by atoms with van der Waals surface area (Å²) < 4.78 is 5.62. The van der Waals surface area contributed by atoms with Gasteiger partial charge in [0.2, 0.25) is 0 Å². The van der Waals surface area contributed by atoms with Crippen molar-refractivity contribution in [1.82, 2.24) is 5.32 Å². The van der Waals surface area contributed by atoms with Crippen molar-refractivity contribution in [3.8, 4) is 5.75 Å². The first-order valence-electron chi connectivity index (χ1n) is 7.69. The van der Waals surface area contributed by atoms with Gasteiger partial charge in [0.15, 0.2) is 0 Å². The van der Waals surface area contributed by atoms with Crippen molar-refractivity contribution in [3.05, 3.63) is 28.8 Å². The number of rotatable bonds is 6. The molecule has 118 valence electrons. The molecule has 1 aromatic rings. The molecule has 21 heavy (non-hydrogen) atoms. The number of aryl methyl sites for hydroxylation is 1. The van der Waals surface area contributed by atoms with Crippen molar-refractivity contribution in [2.45, 2.75) is 52.2 Å². The Hall–Kier alpha value is -0.770. The third kappa shape index (κ3) is 4.60. The van der Waals surface area contributed by atoms with Gasteiger partial charge in [-0.3, -0.25) is 0 Å². The zero-order chi connectivity index (χ0) is 15.5. The first-order valence-corrected chi connectivity index (χ1v) is 8.07. The SMILES string of the molecule is Cc1cc(OCC(O)CNC2CCCC2(C)C)ccc1Cl. The van der Waals surface area contributed by atoms with Crippen LogP contribution in [0.4, 0.5) is 0 Å². The predicted octanol–water partition coefficient (Wildman–Crippen LogP) is 3.56. The minimum Gasteiger partial charge on any atom is -0.491 e. The molecule has 1 saturated carbocycles. The second-order valence-corrected chi connectivity index (χ2v) is 7.12. The Morgan fingerprint density at radius 3 is 2.86 bits per heavy atom.